The van der Waals surface area contributed by atoms with Crippen LogP contribution >= 0.6 is 0 Å². The maximum Gasteiger partial charge on any atom is 0.406 e. The SMILES string of the molecule is CCCN(CC(F)(F)F)C(N)=NCC(C)C. The van der Waals surface area contributed by atoms with Crippen LogP contribution in [-0.2, 0) is 0 Å². The van der Waals surface area contributed by atoms with Gasteiger partial charge in [-0.3, -0.25) is 4.99 Å². The van der Waals surface area contributed by atoms with Gasteiger partial charge in [0, 0.05) is 13.1 Å². The molecule has 0 aromatic carbocycles. The van der Waals surface area contributed by atoms with E-state index in [-0.39, 0.29) is 18.4 Å². The Bertz CT molecular complexity index is 224. The second-order valence-corrected chi connectivity index (χ2v) is 4.13. The first-order valence-electron chi connectivity index (χ1n) is 5.38. The molecule has 0 aromatic rings. The molecule has 2 N–H and O–H groups in total. The Hall–Kier alpha value is -0.940. The quantitative estimate of drug-likeness (QED) is 0.590. The zero-order chi connectivity index (χ0) is 12.8. The highest BCUT2D eigenvalue weighted by Gasteiger charge is 2.31. The smallest absolute Gasteiger partial charge is 0.370 e. The van der Waals surface area contributed by atoms with E-state index in [4.69, 9.17) is 5.73 Å². The third-order valence-electron chi connectivity index (χ3n) is 1.81. The summed E-state index contributed by atoms with van der Waals surface area (Å²) in [7, 11) is 0. The molecule has 96 valence electrons. The lowest BCUT2D eigenvalue weighted by Gasteiger charge is -2.24. The van der Waals surface area contributed by atoms with E-state index in [1.807, 2.05) is 13.8 Å². The van der Waals surface area contributed by atoms with Crippen LogP contribution in [0.2, 0.25) is 0 Å². The Balaban J connectivity index is 4.45. The third kappa shape index (κ3) is 7.36. The number of hydrogen-bond acceptors (Lipinski definition) is 1. The van der Waals surface area contributed by atoms with Crippen LogP contribution in [0.25, 0.3) is 0 Å². The van der Waals surface area contributed by atoms with Gasteiger partial charge >= 0.3 is 6.18 Å². The second kappa shape index (κ2) is 6.60. The molecular formula is C10H20F3N3. The van der Waals surface area contributed by atoms with Gasteiger partial charge in [0.05, 0.1) is 0 Å². The molecule has 0 aliphatic carbocycles. The normalized spacial score (nSPS) is 13.3. The molecule has 0 amide bonds. The Labute approximate surface area is 94.5 Å². The van der Waals surface area contributed by atoms with Crippen molar-refractivity contribution in [1.29, 1.82) is 0 Å². The molecule has 0 heterocycles. The maximum atomic E-state index is 12.2. The minimum atomic E-state index is -4.24. The van der Waals surface area contributed by atoms with E-state index >= 15 is 0 Å². The van der Waals surface area contributed by atoms with Crippen LogP contribution in [0.1, 0.15) is 27.2 Å². The predicted molar refractivity (Wildman–Crippen MR) is 59.2 cm³/mol. The first-order valence-corrected chi connectivity index (χ1v) is 5.38. The van der Waals surface area contributed by atoms with Gasteiger partial charge in [-0.2, -0.15) is 13.2 Å². The molecule has 0 aliphatic heterocycles. The number of aliphatic imine (C=N–C) groups is 1. The fraction of sp³-hybridized carbons (Fsp3) is 0.900. The molecule has 0 saturated heterocycles. The topological polar surface area (TPSA) is 41.6 Å². The van der Waals surface area contributed by atoms with Gasteiger partial charge in [-0.1, -0.05) is 20.8 Å². The number of rotatable bonds is 5. The number of nitrogens with two attached hydrogens (primary N) is 1. The summed E-state index contributed by atoms with van der Waals surface area (Å²) >= 11 is 0. The Morgan fingerprint density at radius 2 is 1.94 bits per heavy atom. The zero-order valence-corrected chi connectivity index (χ0v) is 10.0. The van der Waals surface area contributed by atoms with Crippen molar-refractivity contribution in [3.05, 3.63) is 0 Å². The lowest BCUT2D eigenvalue weighted by atomic mass is 10.2. The highest BCUT2D eigenvalue weighted by atomic mass is 19.4. The van der Waals surface area contributed by atoms with E-state index in [1.54, 1.807) is 6.92 Å². The summed E-state index contributed by atoms with van der Waals surface area (Å²) in [6, 6.07) is 0. The van der Waals surface area contributed by atoms with Crippen molar-refractivity contribution in [3.8, 4) is 0 Å². The molecule has 0 aliphatic rings. The summed E-state index contributed by atoms with van der Waals surface area (Å²) in [5, 5.41) is 0. The van der Waals surface area contributed by atoms with E-state index in [1.165, 1.54) is 0 Å². The van der Waals surface area contributed by atoms with Crippen LogP contribution in [-0.4, -0.2) is 36.7 Å². The van der Waals surface area contributed by atoms with Crippen molar-refractivity contribution in [1.82, 2.24) is 4.90 Å². The van der Waals surface area contributed by atoms with E-state index in [0.717, 1.165) is 4.90 Å². The monoisotopic (exact) mass is 239 g/mol. The largest absolute Gasteiger partial charge is 0.406 e. The molecule has 0 radical (unpaired) electrons. The van der Waals surface area contributed by atoms with Crippen LogP contribution in [0.15, 0.2) is 4.99 Å². The van der Waals surface area contributed by atoms with Gasteiger partial charge in [-0.15, -0.1) is 0 Å². The second-order valence-electron chi connectivity index (χ2n) is 4.13. The number of halogens is 3. The summed E-state index contributed by atoms with van der Waals surface area (Å²) in [5.41, 5.74) is 5.54. The Kier molecular flexibility index (Phi) is 6.21. The molecule has 0 spiro atoms. The molecule has 3 nitrogen and oxygen atoms in total. The van der Waals surface area contributed by atoms with Crippen molar-refractivity contribution >= 4 is 5.96 Å². The van der Waals surface area contributed by atoms with Crippen LogP contribution in [0.5, 0.6) is 0 Å². The van der Waals surface area contributed by atoms with Gasteiger partial charge in [0.2, 0.25) is 0 Å². The van der Waals surface area contributed by atoms with Crippen molar-refractivity contribution < 1.29 is 13.2 Å². The van der Waals surface area contributed by atoms with E-state index in [2.05, 4.69) is 4.99 Å². The lowest BCUT2D eigenvalue weighted by molar-refractivity contribution is -0.138. The van der Waals surface area contributed by atoms with Crippen LogP contribution in [0.3, 0.4) is 0 Å². The molecule has 0 unspecified atom stereocenters. The summed E-state index contributed by atoms with van der Waals surface area (Å²) in [6.45, 7) is 5.36. The van der Waals surface area contributed by atoms with Gasteiger partial charge in [0.1, 0.15) is 6.54 Å². The average molecular weight is 239 g/mol. The molecule has 16 heavy (non-hydrogen) atoms. The molecule has 0 atom stereocenters. The number of nitrogens with zero attached hydrogens (tertiary/aromatic N) is 2. The standard InChI is InChI=1S/C10H20F3N3/c1-4-5-16(7-10(11,12)13)9(14)15-6-8(2)3/h8H,4-7H2,1-3H3,(H2,14,15). The van der Waals surface area contributed by atoms with Crippen molar-refractivity contribution in [3.63, 3.8) is 0 Å². The van der Waals surface area contributed by atoms with E-state index in [9.17, 15) is 13.2 Å². The fourth-order valence-electron chi connectivity index (χ4n) is 1.14. The summed E-state index contributed by atoms with van der Waals surface area (Å²) in [5.74, 6) is 0.265. The summed E-state index contributed by atoms with van der Waals surface area (Å²) < 4.78 is 36.7. The van der Waals surface area contributed by atoms with Crippen LogP contribution in [0.4, 0.5) is 13.2 Å². The number of hydrogen-bond donors (Lipinski definition) is 1. The first kappa shape index (κ1) is 15.1. The van der Waals surface area contributed by atoms with Crippen molar-refractivity contribution in [2.24, 2.45) is 16.6 Å². The Morgan fingerprint density at radius 1 is 1.38 bits per heavy atom. The average Bonchev–Trinajstić information content (AvgIpc) is 2.11. The predicted octanol–water partition coefficient (Wildman–Crippen LogP) is 2.23. The molecule has 0 fully saturated rings. The van der Waals surface area contributed by atoms with Gasteiger partial charge in [0.25, 0.3) is 0 Å². The van der Waals surface area contributed by atoms with Gasteiger partial charge < -0.3 is 10.6 Å². The number of guanidine groups is 1. The van der Waals surface area contributed by atoms with Crippen molar-refractivity contribution in [2.45, 2.75) is 33.4 Å². The lowest BCUT2D eigenvalue weighted by Crippen LogP contribution is -2.43. The van der Waals surface area contributed by atoms with Crippen LogP contribution in [0, 0.1) is 5.92 Å². The first-order chi connectivity index (χ1) is 7.26. The maximum absolute atomic E-state index is 12.2. The van der Waals surface area contributed by atoms with Gasteiger partial charge in [-0.05, 0) is 12.3 Å². The van der Waals surface area contributed by atoms with E-state index < -0.39 is 12.7 Å². The highest BCUT2D eigenvalue weighted by Crippen LogP contribution is 2.16. The highest BCUT2D eigenvalue weighted by molar-refractivity contribution is 5.78. The number of alkyl halides is 3. The third-order valence-corrected chi connectivity index (χ3v) is 1.81. The fourth-order valence-corrected chi connectivity index (χ4v) is 1.14. The Morgan fingerprint density at radius 3 is 2.31 bits per heavy atom. The van der Waals surface area contributed by atoms with Crippen molar-refractivity contribution in [2.75, 3.05) is 19.6 Å². The molecular weight excluding hydrogens is 219 g/mol. The summed E-state index contributed by atoms with van der Waals surface area (Å²) in [4.78, 5) is 5.02. The van der Waals surface area contributed by atoms with Gasteiger partial charge in [0.15, 0.2) is 5.96 Å². The molecule has 0 saturated carbocycles. The molecule has 0 aromatic heterocycles. The molecule has 0 rings (SSSR count). The van der Waals surface area contributed by atoms with Crippen LogP contribution < -0.4 is 5.73 Å². The summed E-state index contributed by atoms with van der Waals surface area (Å²) in [6.07, 6.45) is -3.64. The van der Waals surface area contributed by atoms with E-state index in [0.29, 0.717) is 13.0 Å². The molecule has 6 heteroatoms. The minimum Gasteiger partial charge on any atom is -0.370 e. The zero-order valence-electron chi connectivity index (χ0n) is 10.0. The molecule has 0 bridgehead atoms. The van der Waals surface area contributed by atoms with Gasteiger partial charge in [-0.25, -0.2) is 0 Å². The minimum absolute atomic E-state index is 0.0205.